The fraction of sp³-hybridized carbons (Fsp3) is 1.00. The van der Waals surface area contributed by atoms with Crippen LogP contribution in [-0.4, -0.2) is 12.1 Å². The minimum atomic E-state index is 0.716. The van der Waals surface area contributed by atoms with Gasteiger partial charge in [0.05, 0.1) is 0 Å². The SMILES string of the molecule is CCC(CC)C(C)NC1CCCC(C2CC2)C1. The van der Waals surface area contributed by atoms with Gasteiger partial charge in [0.15, 0.2) is 0 Å². The van der Waals surface area contributed by atoms with Gasteiger partial charge in [-0.1, -0.05) is 39.5 Å². The van der Waals surface area contributed by atoms with Crippen molar-refractivity contribution in [2.75, 3.05) is 0 Å². The van der Waals surface area contributed by atoms with Crippen LogP contribution in [0.15, 0.2) is 0 Å². The van der Waals surface area contributed by atoms with E-state index in [4.69, 9.17) is 0 Å². The van der Waals surface area contributed by atoms with Crippen molar-refractivity contribution >= 4 is 0 Å². The van der Waals surface area contributed by atoms with Crippen molar-refractivity contribution in [1.82, 2.24) is 5.32 Å². The predicted octanol–water partition coefficient (Wildman–Crippen LogP) is 4.37. The Kier molecular flexibility index (Phi) is 4.90. The van der Waals surface area contributed by atoms with E-state index in [2.05, 4.69) is 26.1 Å². The number of rotatable bonds is 6. The molecule has 17 heavy (non-hydrogen) atoms. The second-order valence-electron chi connectivity index (χ2n) is 6.49. The molecule has 0 radical (unpaired) electrons. The third-order valence-electron chi connectivity index (χ3n) is 5.26. The molecule has 1 nitrogen and oxygen atoms in total. The summed E-state index contributed by atoms with van der Waals surface area (Å²) in [6.07, 6.45) is 11.6. The predicted molar refractivity (Wildman–Crippen MR) is 75.1 cm³/mol. The summed E-state index contributed by atoms with van der Waals surface area (Å²) in [5.74, 6) is 3.05. The fourth-order valence-corrected chi connectivity index (χ4v) is 3.88. The van der Waals surface area contributed by atoms with Crippen molar-refractivity contribution in [2.24, 2.45) is 17.8 Å². The first-order valence-electron chi connectivity index (χ1n) is 8.00. The Morgan fingerprint density at radius 2 is 1.71 bits per heavy atom. The van der Waals surface area contributed by atoms with Crippen molar-refractivity contribution in [3.8, 4) is 0 Å². The first-order chi connectivity index (χ1) is 8.24. The van der Waals surface area contributed by atoms with Crippen LogP contribution in [0.1, 0.15) is 72.1 Å². The van der Waals surface area contributed by atoms with Gasteiger partial charge in [-0.05, 0) is 50.4 Å². The molecule has 2 aliphatic rings. The monoisotopic (exact) mass is 237 g/mol. The van der Waals surface area contributed by atoms with Gasteiger partial charge in [0.25, 0.3) is 0 Å². The lowest BCUT2D eigenvalue weighted by Crippen LogP contribution is -2.43. The second-order valence-corrected chi connectivity index (χ2v) is 6.49. The maximum absolute atomic E-state index is 3.93. The van der Waals surface area contributed by atoms with Crippen LogP contribution in [0.25, 0.3) is 0 Å². The maximum Gasteiger partial charge on any atom is 0.00723 e. The van der Waals surface area contributed by atoms with Crippen LogP contribution in [-0.2, 0) is 0 Å². The summed E-state index contributed by atoms with van der Waals surface area (Å²) < 4.78 is 0. The highest BCUT2D eigenvalue weighted by molar-refractivity contribution is 4.89. The summed E-state index contributed by atoms with van der Waals surface area (Å²) in [4.78, 5) is 0. The number of hydrogen-bond donors (Lipinski definition) is 1. The van der Waals surface area contributed by atoms with Crippen molar-refractivity contribution in [2.45, 2.75) is 84.2 Å². The van der Waals surface area contributed by atoms with E-state index in [0.717, 1.165) is 23.8 Å². The zero-order chi connectivity index (χ0) is 12.3. The lowest BCUT2D eigenvalue weighted by molar-refractivity contribution is 0.225. The van der Waals surface area contributed by atoms with Crippen LogP contribution in [0.2, 0.25) is 0 Å². The minimum Gasteiger partial charge on any atom is -0.311 e. The normalized spacial score (nSPS) is 31.8. The standard InChI is InChI=1S/C16H31N/c1-4-13(5-2)12(3)17-16-8-6-7-15(11-16)14-9-10-14/h12-17H,4-11H2,1-3H3. The topological polar surface area (TPSA) is 12.0 Å². The van der Waals surface area contributed by atoms with Gasteiger partial charge < -0.3 is 5.32 Å². The highest BCUT2D eigenvalue weighted by Gasteiger charge is 2.35. The Balaban J connectivity index is 1.77. The highest BCUT2D eigenvalue weighted by Crippen LogP contribution is 2.44. The van der Waals surface area contributed by atoms with Gasteiger partial charge in [0, 0.05) is 12.1 Å². The van der Waals surface area contributed by atoms with Crippen LogP contribution in [0.4, 0.5) is 0 Å². The summed E-state index contributed by atoms with van der Waals surface area (Å²) in [6.45, 7) is 7.07. The molecule has 0 aliphatic heterocycles. The Hall–Kier alpha value is -0.0400. The lowest BCUT2D eigenvalue weighted by Gasteiger charge is -2.34. The van der Waals surface area contributed by atoms with E-state index in [1.807, 2.05) is 0 Å². The molecular weight excluding hydrogens is 206 g/mol. The average molecular weight is 237 g/mol. The highest BCUT2D eigenvalue weighted by atomic mass is 15.0. The van der Waals surface area contributed by atoms with Crippen LogP contribution < -0.4 is 5.32 Å². The van der Waals surface area contributed by atoms with Gasteiger partial charge in [-0.2, -0.15) is 0 Å². The molecule has 2 rings (SSSR count). The molecule has 0 saturated heterocycles. The van der Waals surface area contributed by atoms with Gasteiger partial charge in [-0.15, -0.1) is 0 Å². The van der Waals surface area contributed by atoms with Crippen molar-refractivity contribution in [3.63, 3.8) is 0 Å². The van der Waals surface area contributed by atoms with E-state index >= 15 is 0 Å². The lowest BCUT2D eigenvalue weighted by atomic mass is 9.82. The molecule has 2 fully saturated rings. The molecule has 0 bridgehead atoms. The van der Waals surface area contributed by atoms with E-state index in [9.17, 15) is 0 Å². The molecule has 100 valence electrons. The third-order valence-corrected chi connectivity index (χ3v) is 5.26. The van der Waals surface area contributed by atoms with Gasteiger partial charge >= 0.3 is 0 Å². The van der Waals surface area contributed by atoms with Crippen molar-refractivity contribution in [1.29, 1.82) is 0 Å². The minimum absolute atomic E-state index is 0.716. The van der Waals surface area contributed by atoms with E-state index in [1.165, 1.54) is 51.4 Å². The van der Waals surface area contributed by atoms with Crippen LogP contribution in [0, 0.1) is 17.8 Å². The first kappa shape index (κ1) is 13.4. The molecular formula is C16H31N. The Morgan fingerprint density at radius 3 is 2.29 bits per heavy atom. The smallest absolute Gasteiger partial charge is 0.00723 e. The van der Waals surface area contributed by atoms with E-state index in [1.54, 1.807) is 0 Å². The van der Waals surface area contributed by atoms with Crippen molar-refractivity contribution < 1.29 is 0 Å². The summed E-state index contributed by atoms with van der Waals surface area (Å²) in [6, 6.07) is 1.54. The Morgan fingerprint density at radius 1 is 1.00 bits per heavy atom. The first-order valence-corrected chi connectivity index (χ1v) is 8.00. The molecule has 0 heterocycles. The Bertz CT molecular complexity index is 218. The number of nitrogens with one attached hydrogen (secondary N) is 1. The summed E-state index contributed by atoms with van der Waals surface area (Å²) in [5, 5.41) is 3.93. The molecule has 1 N–H and O–H groups in total. The molecule has 0 aromatic rings. The number of hydrogen-bond acceptors (Lipinski definition) is 1. The van der Waals surface area contributed by atoms with E-state index in [0.29, 0.717) is 6.04 Å². The van der Waals surface area contributed by atoms with Gasteiger partial charge in [0.1, 0.15) is 0 Å². The zero-order valence-electron chi connectivity index (χ0n) is 12.0. The molecule has 0 spiro atoms. The van der Waals surface area contributed by atoms with E-state index < -0.39 is 0 Å². The van der Waals surface area contributed by atoms with Crippen LogP contribution >= 0.6 is 0 Å². The molecule has 1 heteroatoms. The molecule has 0 aromatic heterocycles. The Labute approximate surface area is 108 Å². The third kappa shape index (κ3) is 3.71. The molecule has 2 saturated carbocycles. The van der Waals surface area contributed by atoms with Crippen molar-refractivity contribution in [3.05, 3.63) is 0 Å². The quantitative estimate of drug-likeness (QED) is 0.723. The maximum atomic E-state index is 3.93. The summed E-state index contributed by atoms with van der Waals surface area (Å²) in [5.41, 5.74) is 0. The van der Waals surface area contributed by atoms with Gasteiger partial charge in [-0.3, -0.25) is 0 Å². The summed E-state index contributed by atoms with van der Waals surface area (Å²) in [7, 11) is 0. The molecule has 2 aliphatic carbocycles. The van der Waals surface area contributed by atoms with Gasteiger partial charge in [-0.25, -0.2) is 0 Å². The van der Waals surface area contributed by atoms with Gasteiger partial charge in [0.2, 0.25) is 0 Å². The molecule has 3 unspecified atom stereocenters. The average Bonchev–Trinajstić information content (AvgIpc) is 3.15. The van der Waals surface area contributed by atoms with E-state index in [-0.39, 0.29) is 0 Å². The van der Waals surface area contributed by atoms with Crippen LogP contribution in [0.3, 0.4) is 0 Å². The molecule has 0 amide bonds. The molecule has 0 aromatic carbocycles. The largest absolute Gasteiger partial charge is 0.311 e. The second kappa shape index (κ2) is 6.22. The van der Waals surface area contributed by atoms with Crippen LogP contribution in [0.5, 0.6) is 0 Å². The summed E-state index contributed by atoms with van der Waals surface area (Å²) >= 11 is 0. The fourth-order valence-electron chi connectivity index (χ4n) is 3.88. The zero-order valence-corrected chi connectivity index (χ0v) is 12.0. The molecule has 3 atom stereocenters.